The number of benzene rings is 1. The monoisotopic (exact) mass is 486 g/mol. The molecule has 0 atom stereocenters. The van der Waals surface area contributed by atoms with Crippen LogP contribution in [0.5, 0.6) is 17.4 Å². The molecule has 0 radical (unpaired) electrons. The average molecular weight is 486 g/mol. The summed E-state index contributed by atoms with van der Waals surface area (Å²) in [4.78, 5) is 21.2. The van der Waals surface area contributed by atoms with Gasteiger partial charge in [-0.3, -0.25) is 9.20 Å². The van der Waals surface area contributed by atoms with E-state index in [2.05, 4.69) is 9.97 Å². The Morgan fingerprint density at radius 2 is 1.63 bits per heavy atom. The van der Waals surface area contributed by atoms with Gasteiger partial charge in [0.05, 0.1) is 33.2 Å². The molecule has 0 aliphatic carbocycles. The zero-order chi connectivity index (χ0) is 25.2. The number of fused-ring (bicyclic) bond motifs is 1. The molecule has 3 aromatic heterocycles. The minimum Gasteiger partial charge on any atom is -0.496 e. The second-order valence-corrected chi connectivity index (χ2v) is 7.43. The zero-order valence-corrected chi connectivity index (χ0v) is 19.0. The number of amides is 1. The first-order valence-electron chi connectivity index (χ1n) is 10.3. The van der Waals surface area contributed by atoms with E-state index in [4.69, 9.17) is 14.2 Å². The molecule has 0 aliphatic rings. The van der Waals surface area contributed by atoms with Crippen LogP contribution in [0.4, 0.5) is 13.2 Å². The number of halogens is 3. The summed E-state index contributed by atoms with van der Waals surface area (Å²) < 4.78 is 55.3. The van der Waals surface area contributed by atoms with Crippen LogP contribution < -0.4 is 19.5 Å². The van der Waals surface area contributed by atoms with Gasteiger partial charge in [0.15, 0.2) is 0 Å². The van der Waals surface area contributed by atoms with Gasteiger partial charge in [-0.2, -0.15) is 13.2 Å². The van der Waals surface area contributed by atoms with Crippen molar-refractivity contribution in [1.29, 1.82) is 0 Å². The lowest BCUT2D eigenvalue weighted by atomic mass is 10.1. The van der Waals surface area contributed by atoms with E-state index in [1.54, 1.807) is 37.7 Å². The molecule has 0 bridgehead atoms. The van der Waals surface area contributed by atoms with Crippen molar-refractivity contribution >= 4 is 11.6 Å². The topological polar surface area (TPSA) is 87.0 Å². The highest BCUT2D eigenvalue weighted by molar-refractivity contribution is 6.00. The first-order chi connectivity index (χ1) is 16.7. The van der Waals surface area contributed by atoms with Gasteiger partial charge < -0.3 is 19.5 Å². The number of pyridine rings is 2. The number of methoxy groups -OCH3 is 3. The third kappa shape index (κ3) is 4.98. The molecule has 182 valence electrons. The van der Waals surface area contributed by atoms with E-state index in [0.717, 1.165) is 11.1 Å². The van der Waals surface area contributed by atoms with Crippen molar-refractivity contribution < 1.29 is 32.2 Å². The molecule has 1 aromatic carbocycles. The number of ether oxygens (including phenoxy) is 3. The van der Waals surface area contributed by atoms with Crippen molar-refractivity contribution in [1.82, 2.24) is 19.7 Å². The molecule has 3 heterocycles. The van der Waals surface area contributed by atoms with Gasteiger partial charge in [-0.1, -0.05) is 0 Å². The Kier molecular flexibility index (Phi) is 6.50. The van der Waals surface area contributed by atoms with Gasteiger partial charge in [0, 0.05) is 29.6 Å². The Hall–Kier alpha value is -4.28. The molecule has 0 saturated carbocycles. The van der Waals surface area contributed by atoms with Crippen LogP contribution in [0.3, 0.4) is 0 Å². The van der Waals surface area contributed by atoms with E-state index in [9.17, 15) is 18.0 Å². The summed E-state index contributed by atoms with van der Waals surface area (Å²) in [6, 6.07) is 10.5. The summed E-state index contributed by atoms with van der Waals surface area (Å²) >= 11 is 0. The van der Waals surface area contributed by atoms with Crippen molar-refractivity contribution in [2.75, 3.05) is 27.9 Å². The van der Waals surface area contributed by atoms with Gasteiger partial charge in [-0.05, 0) is 35.9 Å². The fourth-order valence-corrected chi connectivity index (χ4v) is 3.60. The Morgan fingerprint density at radius 1 is 0.914 bits per heavy atom. The molecule has 35 heavy (non-hydrogen) atoms. The van der Waals surface area contributed by atoms with Crippen molar-refractivity contribution in [2.45, 2.75) is 6.18 Å². The van der Waals surface area contributed by atoms with Gasteiger partial charge in [-0.15, -0.1) is 0 Å². The smallest absolute Gasteiger partial charge is 0.405 e. The lowest BCUT2D eigenvalue weighted by molar-refractivity contribution is -0.123. The van der Waals surface area contributed by atoms with Crippen molar-refractivity contribution in [3.8, 4) is 39.8 Å². The van der Waals surface area contributed by atoms with Gasteiger partial charge in [-0.25, -0.2) is 9.97 Å². The fraction of sp³-hybridized carbons (Fsp3) is 0.208. The molecule has 0 fully saturated rings. The first kappa shape index (κ1) is 23.9. The van der Waals surface area contributed by atoms with Crippen LogP contribution in [0.25, 0.3) is 28.0 Å². The summed E-state index contributed by atoms with van der Waals surface area (Å²) in [5, 5.41) is 1.85. The van der Waals surface area contributed by atoms with Crippen LogP contribution in [0, 0.1) is 0 Å². The minimum atomic E-state index is -4.55. The molecule has 0 spiro atoms. The van der Waals surface area contributed by atoms with E-state index in [1.165, 1.54) is 14.2 Å². The quantitative estimate of drug-likeness (QED) is 0.417. The molecule has 4 aromatic rings. The predicted octanol–water partition coefficient (Wildman–Crippen LogP) is 4.38. The number of rotatable bonds is 7. The molecular formula is C24H21F3N4O4. The summed E-state index contributed by atoms with van der Waals surface area (Å²) in [6.45, 7) is -1.47. The first-order valence-corrected chi connectivity index (χ1v) is 10.3. The van der Waals surface area contributed by atoms with Crippen LogP contribution in [0.15, 0.2) is 55.0 Å². The third-order valence-corrected chi connectivity index (χ3v) is 5.27. The highest BCUT2D eigenvalue weighted by Crippen LogP contribution is 2.36. The van der Waals surface area contributed by atoms with Crippen LogP contribution in [-0.4, -0.2) is 54.3 Å². The number of aromatic nitrogens is 3. The van der Waals surface area contributed by atoms with Crippen molar-refractivity contribution in [3.63, 3.8) is 0 Å². The normalized spacial score (nSPS) is 11.4. The predicted molar refractivity (Wildman–Crippen MR) is 122 cm³/mol. The Balaban J connectivity index is 1.71. The molecule has 11 heteroatoms. The molecule has 0 aliphatic heterocycles. The van der Waals surface area contributed by atoms with Crippen molar-refractivity contribution in [2.24, 2.45) is 0 Å². The van der Waals surface area contributed by atoms with E-state index >= 15 is 0 Å². The molecule has 8 nitrogen and oxygen atoms in total. The minimum absolute atomic E-state index is 0.0647. The summed E-state index contributed by atoms with van der Waals surface area (Å²) in [7, 11) is 4.19. The van der Waals surface area contributed by atoms with Crippen LogP contribution in [0.1, 0.15) is 10.4 Å². The standard InChI is InChI=1S/C24H21F3N4O4/c1-33-18-8-16(9-19(34-2)22(18)23(32)30-13-24(25,26)27)17-12-28-20-10-14(6-7-31(17)20)15-4-5-21(35-3)29-11-15/h4-12H,13H2,1-3H3,(H,30,32). The Bertz CT molecular complexity index is 1340. The number of imidazole rings is 1. The number of nitrogens with zero attached hydrogens (tertiary/aromatic N) is 3. The van der Waals surface area contributed by atoms with E-state index in [0.29, 0.717) is 22.8 Å². The average Bonchev–Trinajstić information content (AvgIpc) is 3.29. The van der Waals surface area contributed by atoms with E-state index in [1.807, 2.05) is 34.1 Å². The van der Waals surface area contributed by atoms with Crippen LogP contribution >= 0.6 is 0 Å². The molecular weight excluding hydrogens is 465 g/mol. The highest BCUT2D eigenvalue weighted by atomic mass is 19.4. The van der Waals surface area contributed by atoms with E-state index in [-0.39, 0.29) is 17.1 Å². The maximum atomic E-state index is 12.6. The number of alkyl halides is 3. The molecule has 1 N–H and O–H groups in total. The van der Waals surface area contributed by atoms with Crippen LogP contribution in [-0.2, 0) is 0 Å². The van der Waals surface area contributed by atoms with Gasteiger partial charge in [0.25, 0.3) is 5.91 Å². The fourth-order valence-electron chi connectivity index (χ4n) is 3.60. The van der Waals surface area contributed by atoms with Crippen LogP contribution in [0.2, 0.25) is 0 Å². The Labute approximate surface area is 198 Å². The number of nitrogens with one attached hydrogen (secondary N) is 1. The summed E-state index contributed by atoms with van der Waals surface area (Å²) in [5.74, 6) is -0.320. The van der Waals surface area contributed by atoms with Gasteiger partial charge in [0.2, 0.25) is 5.88 Å². The van der Waals surface area contributed by atoms with Gasteiger partial charge >= 0.3 is 6.18 Å². The highest BCUT2D eigenvalue weighted by Gasteiger charge is 2.30. The second kappa shape index (κ2) is 9.53. The summed E-state index contributed by atoms with van der Waals surface area (Å²) in [6.07, 6.45) is 0.628. The van der Waals surface area contributed by atoms with Gasteiger partial charge in [0.1, 0.15) is 29.3 Å². The maximum Gasteiger partial charge on any atom is 0.405 e. The number of carbonyl (C=O) groups is 1. The molecule has 4 rings (SSSR count). The number of hydrogen-bond acceptors (Lipinski definition) is 6. The third-order valence-electron chi connectivity index (χ3n) is 5.27. The molecule has 1 amide bonds. The lowest BCUT2D eigenvalue weighted by Crippen LogP contribution is -2.34. The van der Waals surface area contributed by atoms with Crippen molar-refractivity contribution in [3.05, 3.63) is 60.6 Å². The number of carbonyl (C=O) groups excluding carboxylic acids is 1. The maximum absolute atomic E-state index is 12.6. The SMILES string of the molecule is COc1ccc(-c2ccn3c(-c4cc(OC)c(C(=O)NCC(F)(F)F)c(OC)c4)cnc3c2)cn1. The lowest BCUT2D eigenvalue weighted by Gasteiger charge is -2.16. The van der Waals surface area contributed by atoms with E-state index < -0.39 is 18.6 Å². The largest absolute Gasteiger partial charge is 0.496 e. The second-order valence-electron chi connectivity index (χ2n) is 7.43. The molecule has 0 unspecified atom stereocenters. The number of hydrogen-bond donors (Lipinski definition) is 1. The Morgan fingerprint density at radius 3 is 2.20 bits per heavy atom. The zero-order valence-electron chi connectivity index (χ0n) is 19.0. The molecule has 0 saturated heterocycles. The summed E-state index contributed by atoms with van der Waals surface area (Å²) in [5.41, 5.74) is 3.56.